The minimum absolute atomic E-state index is 0.0763. The van der Waals surface area contributed by atoms with Gasteiger partial charge in [0.1, 0.15) is 12.1 Å². The molecule has 0 bridgehead atoms. The lowest BCUT2D eigenvalue weighted by atomic mass is 10.1. The Morgan fingerprint density at radius 1 is 0.892 bits per heavy atom. The van der Waals surface area contributed by atoms with Gasteiger partial charge in [0, 0.05) is 43.0 Å². The Hall–Kier alpha value is -4.31. The number of aliphatic hydroxyl groups excluding tert-OH is 1. The molecule has 0 aliphatic rings. The highest BCUT2D eigenvalue weighted by Crippen LogP contribution is 2.06. The van der Waals surface area contributed by atoms with Crippen LogP contribution >= 0.6 is 0 Å². The topological polar surface area (TPSA) is 266 Å². The van der Waals surface area contributed by atoms with Gasteiger partial charge in [-0.05, 0) is 13.3 Å². The summed E-state index contributed by atoms with van der Waals surface area (Å²) in [7, 11) is 0. The average Bonchev–Trinajstić information content (AvgIpc) is 3.53. The number of carbonyl (C=O) groups excluding carboxylic acids is 3. The Kier molecular flexibility index (Phi) is 10.7. The molecule has 0 saturated heterocycles. The molecular weight excluding hydrogens is 492 g/mol. The van der Waals surface area contributed by atoms with E-state index in [9.17, 15) is 34.2 Å². The summed E-state index contributed by atoms with van der Waals surface area (Å²) >= 11 is 0. The number of carboxylic acid groups (broad SMARTS) is 2. The highest BCUT2D eigenvalue weighted by molar-refractivity contribution is 5.94. The molecule has 5 atom stereocenters. The average molecular weight is 523 g/mol. The second-order valence-corrected chi connectivity index (χ2v) is 8.29. The van der Waals surface area contributed by atoms with E-state index in [-0.39, 0.29) is 19.3 Å². The van der Waals surface area contributed by atoms with E-state index in [2.05, 4.69) is 35.9 Å². The number of aliphatic hydroxyl groups is 1. The fourth-order valence-corrected chi connectivity index (χ4v) is 3.28. The maximum Gasteiger partial charge on any atom is 0.328 e. The number of rotatable bonds is 15. The minimum Gasteiger partial charge on any atom is -0.481 e. The van der Waals surface area contributed by atoms with Crippen LogP contribution in [0.2, 0.25) is 0 Å². The first-order valence-corrected chi connectivity index (χ1v) is 11.2. The number of aromatic amines is 2. The van der Waals surface area contributed by atoms with E-state index >= 15 is 0 Å². The molecule has 0 aromatic carbocycles. The number of aromatic nitrogens is 4. The third-order valence-electron chi connectivity index (χ3n) is 5.27. The van der Waals surface area contributed by atoms with E-state index < -0.39 is 66.4 Å². The summed E-state index contributed by atoms with van der Waals surface area (Å²) < 4.78 is 0. The SMILES string of the molecule is CC(O)C(NC(=O)C(CCC(=O)O)NC(=O)C(Cc1cnc[nH]1)NC(=O)C(N)Cc1cnc[nH]1)C(=O)O. The van der Waals surface area contributed by atoms with Crippen molar-refractivity contribution in [2.45, 2.75) is 62.9 Å². The van der Waals surface area contributed by atoms with Crippen molar-refractivity contribution in [1.29, 1.82) is 0 Å². The molecule has 0 aliphatic carbocycles. The van der Waals surface area contributed by atoms with Crippen molar-refractivity contribution in [3.05, 3.63) is 36.4 Å². The second kappa shape index (κ2) is 13.7. The van der Waals surface area contributed by atoms with Gasteiger partial charge in [-0.15, -0.1) is 0 Å². The zero-order chi connectivity index (χ0) is 27.5. The van der Waals surface area contributed by atoms with E-state index in [0.717, 1.165) is 6.92 Å². The van der Waals surface area contributed by atoms with Gasteiger partial charge >= 0.3 is 11.9 Å². The number of carboxylic acids is 2. The number of hydrogen-bond donors (Lipinski definition) is 9. The van der Waals surface area contributed by atoms with E-state index in [1.54, 1.807) is 0 Å². The smallest absolute Gasteiger partial charge is 0.328 e. The lowest BCUT2D eigenvalue weighted by Crippen LogP contribution is -2.58. The third kappa shape index (κ3) is 9.34. The van der Waals surface area contributed by atoms with Crippen LogP contribution in [-0.4, -0.2) is 95.2 Å². The predicted molar refractivity (Wildman–Crippen MR) is 125 cm³/mol. The van der Waals surface area contributed by atoms with Crippen LogP contribution in [0.1, 0.15) is 31.2 Å². The largest absolute Gasteiger partial charge is 0.481 e. The Morgan fingerprint density at radius 3 is 1.92 bits per heavy atom. The van der Waals surface area contributed by atoms with Gasteiger partial charge in [-0.3, -0.25) is 19.2 Å². The van der Waals surface area contributed by atoms with Gasteiger partial charge in [-0.25, -0.2) is 14.8 Å². The molecule has 2 aromatic heterocycles. The molecular formula is C21H30N8O8. The molecule has 0 fully saturated rings. The summed E-state index contributed by atoms with van der Waals surface area (Å²) in [6.45, 7) is 1.15. The van der Waals surface area contributed by atoms with Crippen molar-refractivity contribution in [3.8, 4) is 0 Å². The van der Waals surface area contributed by atoms with Gasteiger partial charge in [0.05, 0.1) is 24.8 Å². The number of carbonyl (C=O) groups is 5. The Balaban J connectivity index is 2.18. The van der Waals surface area contributed by atoms with Crippen LogP contribution in [0.5, 0.6) is 0 Å². The normalized spacial score (nSPS) is 15.0. The molecule has 0 saturated carbocycles. The van der Waals surface area contributed by atoms with Crippen LogP contribution in [0.25, 0.3) is 0 Å². The number of imidazole rings is 2. The van der Waals surface area contributed by atoms with Gasteiger partial charge in [0.2, 0.25) is 17.7 Å². The number of H-pyrrole nitrogens is 2. The van der Waals surface area contributed by atoms with Crippen LogP contribution < -0.4 is 21.7 Å². The first-order chi connectivity index (χ1) is 17.5. The maximum absolute atomic E-state index is 13.1. The first-order valence-electron chi connectivity index (χ1n) is 11.2. The summed E-state index contributed by atoms with van der Waals surface area (Å²) in [6.07, 6.45) is 3.33. The number of nitrogens with zero attached hydrogens (tertiary/aromatic N) is 2. The Morgan fingerprint density at radius 2 is 1.43 bits per heavy atom. The lowest BCUT2D eigenvalue weighted by molar-refractivity contribution is -0.145. The van der Waals surface area contributed by atoms with E-state index in [0.29, 0.717) is 11.4 Å². The van der Waals surface area contributed by atoms with Crippen molar-refractivity contribution >= 4 is 29.7 Å². The highest BCUT2D eigenvalue weighted by Gasteiger charge is 2.32. The molecule has 2 rings (SSSR count). The number of aliphatic carboxylic acids is 2. The quantitative estimate of drug-likeness (QED) is 0.114. The standard InChI is InChI=1S/C21H30N8O8/c1-10(30)17(21(36)37)29-19(34)14(2-3-16(31)32)27-20(35)15(5-12-7-24-9-26-12)28-18(33)13(22)4-11-6-23-8-25-11/h6-10,13-15,17,30H,2-5,22H2,1H3,(H,23,25)(H,24,26)(H,27,35)(H,28,33)(H,29,34)(H,31,32)(H,36,37). The Bertz CT molecular complexity index is 1060. The number of nitrogens with one attached hydrogen (secondary N) is 5. The highest BCUT2D eigenvalue weighted by atomic mass is 16.4. The molecule has 3 amide bonds. The molecule has 202 valence electrons. The molecule has 16 nitrogen and oxygen atoms in total. The monoisotopic (exact) mass is 522 g/mol. The molecule has 2 heterocycles. The minimum atomic E-state index is -1.70. The molecule has 0 spiro atoms. The van der Waals surface area contributed by atoms with Crippen molar-refractivity contribution < 1.29 is 39.3 Å². The predicted octanol–water partition coefficient (Wildman–Crippen LogP) is -2.97. The summed E-state index contributed by atoms with van der Waals surface area (Å²) in [5.74, 6) is -5.34. The second-order valence-electron chi connectivity index (χ2n) is 8.29. The fourth-order valence-electron chi connectivity index (χ4n) is 3.28. The third-order valence-corrected chi connectivity index (χ3v) is 5.27. The molecule has 16 heteroatoms. The molecule has 2 aromatic rings. The van der Waals surface area contributed by atoms with E-state index in [1.165, 1.54) is 25.0 Å². The number of amides is 3. The summed E-state index contributed by atoms with van der Waals surface area (Å²) in [5, 5.41) is 34.9. The van der Waals surface area contributed by atoms with Crippen molar-refractivity contribution in [1.82, 2.24) is 35.9 Å². The number of nitrogens with two attached hydrogens (primary N) is 1. The summed E-state index contributed by atoms with van der Waals surface area (Å²) in [5.41, 5.74) is 7.01. The van der Waals surface area contributed by atoms with Crippen LogP contribution in [-0.2, 0) is 36.8 Å². The van der Waals surface area contributed by atoms with Crippen LogP contribution in [0, 0.1) is 0 Å². The first kappa shape index (κ1) is 28.9. The van der Waals surface area contributed by atoms with Gasteiger partial charge < -0.3 is 47.0 Å². The number of hydrogen-bond acceptors (Lipinski definition) is 9. The zero-order valence-electron chi connectivity index (χ0n) is 19.9. The molecule has 0 radical (unpaired) electrons. The lowest BCUT2D eigenvalue weighted by Gasteiger charge is -2.25. The van der Waals surface area contributed by atoms with Gasteiger partial charge in [0.25, 0.3) is 0 Å². The van der Waals surface area contributed by atoms with Crippen LogP contribution in [0.15, 0.2) is 25.0 Å². The summed E-state index contributed by atoms with van der Waals surface area (Å²) in [6, 6.07) is -5.49. The maximum atomic E-state index is 13.1. The Labute approximate surface area is 210 Å². The van der Waals surface area contributed by atoms with Crippen molar-refractivity contribution in [3.63, 3.8) is 0 Å². The van der Waals surface area contributed by atoms with E-state index in [4.69, 9.17) is 10.8 Å². The zero-order valence-corrected chi connectivity index (χ0v) is 19.9. The van der Waals surface area contributed by atoms with Crippen LogP contribution in [0.3, 0.4) is 0 Å². The summed E-state index contributed by atoms with van der Waals surface area (Å²) in [4.78, 5) is 74.3. The van der Waals surface area contributed by atoms with Crippen molar-refractivity contribution in [2.24, 2.45) is 5.73 Å². The molecule has 5 unspecified atom stereocenters. The van der Waals surface area contributed by atoms with Gasteiger partial charge in [-0.2, -0.15) is 0 Å². The van der Waals surface area contributed by atoms with Gasteiger partial charge in [0.15, 0.2) is 6.04 Å². The molecule has 37 heavy (non-hydrogen) atoms. The fraction of sp³-hybridized carbons (Fsp3) is 0.476. The van der Waals surface area contributed by atoms with E-state index in [1.807, 2.05) is 0 Å². The van der Waals surface area contributed by atoms with Crippen molar-refractivity contribution in [2.75, 3.05) is 0 Å². The van der Waals surface area contributed by atoms with Gasteiger partial charge in [-0.1, -0.05) is 0 Å². The van der Waals surface area contributed by atoms with Crippen LogP contribution in [0.4, 0.5) is 0 Å². The molecule has 10 N–H and O–H groups in total. The molecule has 0 aliphatic heterocycles.